The highest BCUT2D eigenvalue weighted by Crippen LogP contribution is 2.22. The summed E-state index contributed by atoms with van der Waals surface area (Å²) in [6.07, 6.45) is 0. The quantitative estimate of drug-likeness (QED) is 0.663. The fraction of sp³-hybridized carbons (Fsp3) is 0. The van der Waals surface area contributed by atoms with E-state index in [-0.39, 0.29) is 0 Å². The molecule has 0 atom stereocenters. The Hall–Kier alpha value is 0.0500. The number of thioether (sulfide) groups is 1. The van der Waals surface area contributed by atoms with E-state index in [4.69, 9.17) is 0 Å². The standard InChI is InChI=1S/C7H6BrS/c8-6-9-7-4-2-1-3-5-7/h1-6H. The minimum absolute atomic E-state index is 1.26. The van der Waals surface area contributed by atoms with Crippen molar-refractivity contribution in [3.63, 3.8) is 0 Å². The fourth-order valence-electron chi connectivity index (χ4n) is 0.550. The average molecular weight is 202 g/mol. The molecule has 2 heteroatoms. The molecule has 0 N–H and O–H groups in total. The first-order valence-electron chi connectivity index (χ1n) is 2.57. The van der Waals surface area contributed by atoms with Gasteiger partial charge in [-0.25, -0.2) is 0 Å². The Morgan fingerprint density at radius 1 is 1.22 bits per heavy atom. The second-order valence-electron chi connectivity index (χ2n) is 1.52. The summed E-state index contributed by atoms with van der Waals surface area (Å²) in [6, 6.07) is 10.2. The summed E-state index contributed by atoms with van der Waals surface area (Å²) < 4.78 is 1.89. The summed E-state index contributed by atoms with van der Waals surface area (Å²) in [5, 5.41) is 0. The van der Waals surface area contributed by atoms with Crippen LogP contribution in [0.25, 0.3) is 0 Å². The summed E-state index contributed by atoms with van der Waals surface area (Å²) in [7, 11) is 0. The van der Waals surface area contributed by atoms with Crippen molar-refractivity contribution in [2.24, 2.45) is 0 Å². The number of rotatable bonds is 2. The topological polar surface area (TPSA) is 0 Å². The Morgan fingerprint density at radius 3 is 2.44 bits per heavy atom. The smallest absolute Gasteiger partial charge is 0.0866 e. The average Bonchev–Trinajstić information content (AvgIpc) is 1.91. The molecule has 47 valence electrons. The SMILES string of the molecule is Br[CH]Sc1ccccc1. The van der Waals surface area contributed by atoms with Crippen LogP contribution in [0.1, 0.15) is 0 Å². The van der Waals surface area contributed by atoms with Crippen molar-refractivity contribution in [1.29, 1.82) is 0 Å². The van der Waals surface area contributed by atoms with Crippen LogP contribution < -0.4 is 0 Å². The van der Waals surface area contributed by atoms with Gasteiger partial charge >= 0.3 is 0 Å². The Labute approximate surface area is 67.8 Å². The van der Waals surface area contributed by atoms with Gasteiger partial charge in [0.25, 0.3) is 0 Å². The highest BCUT2D eigenvalue weighted by Gasteiger charge is 1.86. The second-order valence-corrected chi connectivity index (χ2v) is 3.53. The molecule has 0 aliphatic rings. The lowest BCUT2D eigenvalue weighted by atomic mass is 10.4. The summed E-state index contributed by atoms with van der Waals surface area (Å²) in [5.41, 5.74) is 0. The number of hydrogen-bond acceptors (Lipinski definition) is 1. The van der Waals surface area contributed by atoms with Crippen LogP contribution in [0.15, 0.2) is 35.2 Å². The largest absolute Gasteiger partial charge is 0.109 e. The number of benzene rings is 1. The molecule has 0 heterocycles. The van der Waals surface area contributed by atoms with E-state index in [0.29, 0.717) is 0 Å². The summed E-state index contributed by atoms with van der Waals surface area (Å²) >= 11 is 4.89. The zero-order valence-electron chi connectivity index (χ0n) is 4.75. The third-order valence-corrected chi connectivity index (χ3v) is 2.12. The summed E-state index contributed by atoms with van der Waals surface area (Å²) in [6.45, 7) is 0. The molecule has 0 aliphatic carbocycles. The van der Waals surface area contributed by atoms with Gasteiger partial charge in [0.1, 0.15) is 0 Å². The lowest BCUT2D eigenvalue weighted by Crippen LogP contribution is -1.63. The molecule has 1 aromatic carbocycles. The molecule has 1 aromatic rings. The highest BCUT2D eigenvalue weighted by atomic mass is 79.9. The molecule has 0 nitrogen and oxygen atoms in total. The van der Waals surface area contributed by atoms with Crippen LogP contribution in [0.2, 0.25) is 0 Å². The monoisotopic (exact) mass is 201 g/mol. The predicted molar refractivity (Wildman–Crippen MR) is 45.5 cm³/mol. The van der Waals surface area contributed by atoms with Gasteiger partial charge in [-0.3, -0.25) is 0 Å². The fourth-order valence-corrected chi connectivity index (χ4v) is 1.62. The van der Waals surface area contributed by atoms with Gasteiger partial charge in [-0.1, -0.05) is 34.1 Å². The van der Waals surface area contributed by atoms with Crippen molar-refractivity contribution < 1.29 is 0 Å². The minimum atomic E-state index is 1.26. The van der Waals surface area contributed by atoms with Crippen LogP contribution in [-0.4, -0.2) is 0 Å². The van der Waals surface area contributed by atoms with Gasteiger partial charge in [0.05, 0.1) is 4.66 Å². The molecule has 0 aromatic heterocycles. The van der Waals surface area contributed by atoms with Crippen LogP contribution >= 0.6 is 27.7 Å². The summed E-state index contributed by atoms with van der Waals surface area (Å²) in [4.78, 5) is 1.26. The van der Waals surface area contributed by atoms with E-state index in [1.54, 1.807) is 11.8 Å². The molecule has 1 radical (unpaired) electrons. The van der Waals surface area contributed by atoms with Gasteiger partial charge < -0.3 is 0 Å². The summed E-state index contributed by atoms with van der Waals surface area (Å²) in [5.74, 6) is 0. The molecule has 9 heavy (non-hydrogen) atoms. The highest BCUT2D eigenvalue weighted by molar-refractivity contribution is 9.12. The van der Waals surface area contributed by atoms with Gasteiger partial charge in [-0.15, -0.1) is 11.8 Å². The van der Waals surface area contributed by atoms with Crippen molar-refractivity contribution in [2.45, 2.75) is 4.90 Å². The zero-order valence-corrected chi connectivity index (χ0v) is 7.15. The molecule has 0 unspecified atom stereocenters. The van der Waals surface area contributed by atoms with Crippen LogP contribution in [0.3, 0.4) is 0 Å². The van der Waals surface area contributed by atoms with Crippen molar-refractivity contribution >= 4 is 27.7 Å². The van der Waals surface area contributed by atoms with Crippen molar-refractivity contribution in [3.05, 3.63) is 35.0 Å². The Kier molecular flexibility index (Phi) is 3.15. The molecule has 0 spiro atoms. The van der Waals surface area contributed by atoms with E-state index < -0.39 is 0 Å². The van der Waals surface area contributed by atoms with Gasteiger partial charge in [0, 0.05) is 4.90 Å². The van der Waals surface area contributed by atoms with Crippen molar-refractivity contribution in [3.8, 4) is 0 Å². The Bertz CT molecular complexity index is 162. The van der Waals surface area contributed by atoms with Gasteiger partial charge in [-0.05, 0) is 12.1 Å². The predicted octanol–water partition coefficient (Wildman–Crippen LogP) is 3.29. The molecule has 1 rings (SSSR count). The number of hydrogen-bond donors (Lipinski definition) is 0. The maximum absolute atomic E-state index is 3.22. The van der Waals surface area contributed by atoms with Gasteiger partial charge in [0.2, 0.25) is 0 Å². The molecule has 0 fully saturated rings. The maximum Gasteiger partial charge on any atom is 0.0866 e. The van der Waals surface area contributed by atoms with E-state index in [9.17, 15) is 0 Å². The second kappa shape index (κ2) is 3.96. The van der Waals surface area contributed by atoms with Crippen LogP contribution in [-0.2, 0) is 0 Å². The molecule has 0 saturated heterocycles. The lowest BCUT2D eigenvalue weighted by Gasteiger charge is -1.92. The zero-order chi connectivity index (χ0) is 6.53. The normalized spacial score (nSPS) is 9.44. The first-order valence-corrected chi connectivity index (χ1v) is 4.36. The van der Waals surface area contributed by atoms with Crippen molar-refractivity contribution in [2.75, 3.05) is 0 Å². The first kappa shape index (κ1) is 7.16. The molecular weight excluding hydrogens is 196 g/mol. The maximum atomic E-state index is 3.22. The molecule has 0 aliphatic heterocycles. The van der Waals surface area contributed by atoms with E-state index in [1.165, 1.54) is 4.90 Å². The minimum Gasteiger partial charge on any atom is -0.109 e. The first-order chi connectivity index (χ1) is 4.43. The van der Waals surface area contributed by atoms with E-state index in [1.807, 2.05) is 22.9 Å². The molecule has 0 amide bonds. The molecule has 0 bridgehead atoms. The van der Waals surface area contributed by atoms with E-state index in [2.05, 4.69) is 28.1 Å². The van der Waals surface area contributed by atoms with Crippen LogP contribution in [0.4, 0.5) is 0 Å². The van der Waals surface area contributed by atoms with Gasteiger partial charge in [-0.2, -0.15) is 0 Å². The Balaban J connectivity index is 2.61. The third-order valence-electron chi connectivity index (χ3n) is 0.924. The van der Waals surface area contributed by atoms with Crippen LogP contribution in [0, 0.1) is 4.66 Å². The third kappa shape index (κ3) is 2.41. The van der Waals surface area contributed by atoms with Crippen LogP contribution in [0.5, 0.6) is 0 Å². The lowest BCUT2D eigenvalue weighted by molar-refractivity contribution is 1.47. The van der Waals surface area contributed by atoms with Gasteiger partial charge in [0.15, 0.2) is 0 Å². The number of halogens is 1. The van der Waals surface area contributed by atoms with E-state index >= 15 is 0 Å². The Morgan fingerprint density at radius 2 is 1.89 bits per heavy atom. The van der Waals surface area contributed by atoms with Crippen molar-refractivity contribution in [1.82, 2.24) is 0 Å². The van der Waals surface area contributed by atoms with E-state index in [0.717, 1.165) is 0 Å². The molecular formula is C7H6BrS. The molecule has 0 saturated carbocycles.